The monoisotopic (exact) mass is 330 g/mol. The summed E-state index contributed by atoms with van der Waals surface area (Å²) in [4.78, 5) is 16.7. The lowest BCUT2D eigenvalue weighted by Crippen LogP contribution is -2.67. The van der Waals surface area contributed by atoms with Crippen molar-refractivity contribution in [2.45, 2.75) is 43.9 Å². The van der Waals surface area contributed by atoms with Gasteiger partial charge in [0.05, 0.1) is 12.2 Å². The van der Waals surface area contributed by atoms with Gasteiger partial charge in [-0.3, -0.25) is 4.79 Å². The van der Waals surface area contributed by atoms with Gasteiger partial charge in [0.15, 0.2) is 5.82 Å². The Balaban J connectivity index is 1.42. The second-order valence-electron chi connectivity index (χ2n) is 7.56. The third-order valence-corrected chi connectivity index (χ3v) is 6.02. The number of halogens is 1. The second kappa shape index (κ2) is 5.43. The lowest BCUT2D eigenvalue weighted by atomic mass is 9.90. The zero-order valence-electron chi connectivity index (χ0n) is 13.7. The Morgan fingerprint density at radius 2 is 2.00 bits per heavy atom. The molecule has 3 unspecified atom stereocenters. The predicted octanol–water partition coefficient (Wildman–Crippen LogP) is 1.08. The number of nitrogens with one attached hydrogen (secondary N) is 2. The average Bonchev–Trinajstić information content (AvgIpc) is 2.93. The molecule has 1 aromatic carbocycles. The van der Waals surface area contributed by atoms with E-state index in [4.69, 9.17) is 0 Å². The SMILES string of the molecule is O=C1c2ccc(N3CC4CC(C3)N4)c(F)c2CN1C1CCCNC1. The lowest BCUT2D eigenvalue weighted by Gasteiger charge is -2.49. The molecule has 2 N–H and O–H groups in total. The molecule has 5 aliphatic rings. The first-order valence-corrected chi connectivity index (χ1v) is 9.05. The van der Waals surface area contributed by atoms with Gasteiger partial charge >= 0.3 is 0 Å². The van der Waals surface area contributed by atoms with Gasteiger partial charge in [-0.2, -0.15) is 0 Å². The number of hydrogen-bond donors (Lipinski definition) is 2. The van der Waals surface area contributed by atoms with Crippen molar-refractivity contribution in [1.82, 2.24) is 15.5 Å². The van der Waals surface area contributed by atoms with Crippen molar-refractivity contribution in [2.24, 2.45) is 0 Å². The summed E-state index contributed by atoms with van der Waals surface area (Å²) in [6.45, 7) is 3.95. The van der Waals surface area contributed by atoms with Crippen molar-refractivity contribution in [3.05, 3.63) is 29.1 Å². The van der Waals surface area contributed by atoms with E-state index in [1.54, 1.807) is 6.07 Å². The minimum Gasteiger partial charge on any atom is -0.366 e. The summed E-state index contributed by atoms with van der Waals surface area (Å²) < 4.78 is 15.2. The van der Waals surface area contributed by atoms with Crippen molar-refractivity contribution in [1.29, 1.82) is 0 Å². The molecule has 0 aromatic heterocycles. The highest BCUT2D eigenvalue weighted by molar-refractivity contribution is 5.99. The second-order valence-corrected chi connectivity index (χ2v) is 7.56. The molecule has 6 rings (SSSR count). The topological polar surface area (TPSA) is 47.6 Å². The van der Waals surface area contributed by atoms with Crippen LogP contribution in [0.1, 0.15) is 35.2 Å². The van der Waals surface area contributed by atoms with E-state index in [9.17, 15) is 4.79 Å². The highest BCUT2D eigenvalue weighted by Crippen LogP contribution is 2.35. The van der Waals surface area contributed by atoms with Crippen LogP contribution in [0.3, 0.4) is 0 Å². The number of anilines is 1. The quantitative estimate of drug-likeness (QED) is 0.852. The molecule has 0 spiro atoms. The van der Waals surface area contributed by atoms with Crippen LogP contribution in [0.2, 0.25) is 0 Å². The lowest BCUT2D eigenvalue weighted by molar-refractivity contribution is 0.0674. The first-order valence-electron chi connectivity index (χ1n) is 9.05. The molecule has 5 aliphatic heterocycles. The zero-order valence-corrected chi connectivity index (χ0v) is 13.7. The molecule has 24 heavy (non-hydrogen) atoms. The predicted molar refractivity (Wildman–Crippen MR) is 89.7 cm³/mol. The summed E-state index contributed by atoms with van der Waals surface area (Å²) in [5.74, 6) is -0.194. The summed E-state index contributed by atoms with van der Waals surface area (Å²) in [6, 6.07) is 4.80. The van der Waals surface area contributed by atoms with Crippen LogP contribution in [0, 0.1) is 5.82 Å². The summed E-state index contributed by atoms with van der Waals surface area (Å²) >= 11 is 0. The van der Waals surface area contributed by atoms with Gasteiger partial charge in [0.1, 0.15) is 0 Å². The summed E-state index contributed by atoms with van der Waals surface area (Å²) in [6.07, 6.45) is 3.27. The molecular weight excluding hydrogens is 307 g/mol. The van der Waals surface area contributed by atoms with Crippen LogP contribution < -0.4 is 15.5 Å². The van der Waals surface area contributed by atoms with Gasteiger partial charge in [0.25, 0.3) is 5.91 Å². The van der Waals surface area contributed by atoms with E-state index in [0.29, 0.717) is 35.4 Å². The Morgan fingerprint density at radius 1 is 1.21 bits per heavy atom. The maximum Gasteiger partial charge on any atom is 0.254 e. The fourth-order valence-corrected chi connectivity index (χ4v) is 4.71. The molecule has 0 radical (unpaired) electrons. The molecule has 5 nitrogen and oxygen atoms in total. The van der Waals surface area contributed by atoms with Crippen LogP contribution in [-0.2, 0) is 6.54 Å². The van der Waals surface area contributed by atoms with Crippen molar-refractivity contribution in [3.63, 3.8) is 0 Å². The number of piperazine rings is 1. The van der Waals surface area contributed by atoms with E-state index >= 15 is 4.39 Å². The first kappa shape index (κ1) is 14.7. The van der Waals surface area contributed by atoms with Crippen molar-refractivity contribution in [3.8, 4) is 0 Å². The van der Waals surface area contributed by atoms with Gasteiger partial charge in [-0.1, -0.05) is 0 Å². The molecule has 4 fully saturated rings. The Bertz CT molecular complexity index is 672. The number of amides is 1. The molecule has 0 saturated carbocycles. The summed E-state index contributed by atoms with van der Waals surface area (Å²) in [5.41, 5.74) is 1.82. The first-order chi connectivity index (χ1) is 11.7. The molecule has 6 heteroatoms. The fourth-order valence-electron chi connectivity index (χ4n) is 4.71. The number of nitrogens with zero attached hydrogens (tertiary/aromatic N) is 2. The zero-order chi connectivity index (χ0) is 16.3. The fraction of sp³-hybridized carbons (Fsp3) is 0.611. The number of carbonyl (C=O) groups is 1. The maximum absolute atomic E-state index is 15.2. The van der Waals surface area contributed by atoms with Crippen LogP contribution in [0.4, 0.5) is 10.1 Å². The van der Waals surface area contributed by atoms with Crippen molar-refractivity contribution in [2.75, 3.05) is 31.1 Å². The van der Waals surface area contributed by atoms with Crippen LogP contribution >= 0.6 is 0 Å². The molecule has 3 atom stereocenters. The normalized spacial score (nSPS) is 31.9. The average molecular weight is 330 g/mol. The summed E-state index contributed by atoms with van der Waals surface area (Å²) in [7, 11) is 0. The van der Waals surface area contributed by atoms with Crippen LogP contribution in [0.25, 0.3) is 0 Å². The molecule has 2 bridgehead atoms. The smallest absolute Gasteiger partial charge is 0.254 e. The van der Waals surface area contributed by atoms with E-state index in [-0.39, 0.29) is 17.8 Å². The molecule has 5 heterocycles. The van der Waals surface area contributed by atoms with Gasteiger partial charge in [0.2, 0.25) is 0 Å². The highest BCUT2D eigenvalue weighted by Gasteiger charge is 2.40. The standard InChI is InChI=1S/C18H23FN4O/c19-17-15-10-23(13-2-1-5-20-7-13)18(24)14(15)3-4-16(17)22-8-11-6-12(9-22)21-11/h3-4,11-13,20-21H,1-2,5-10H2. The van der Waals surface area contributed by atoms with E-state index in [0.717, 1.165) is 39.0 Å². The number of benzene rings is 1. The van der Waals surface area contributed by atoms with Gasteiger partial charge in [0, 0.05) is 48.9 Å². The van der Waals surface area contributed by atoms with Gasteiger partial charge in [-0.25, -0.2) is 4.39 Å². The molecule has 1 amide bonds. The minimum absolute atomic E-state index is 0.00712. The van der Waals surface area contributed by atoms with E-state index in [1.807, 2.05) is 11.0 Å². The third kappa shape index (κ3) is 2.16. The van der Waals surface area contributed by atoms with Gasteiger partial charge < -0.3 is 20.4 Å². The Labute approximate surface area is 141 Å². The van der Waals surface area contributed by atoms with Crippen LogP contribution in [0.15, 0.2) is 12.1 Å². The molecule has 128 valence electrons. The number of fused-ring (bicyclic) bond motifs is 3. The number of rotatable bonds is 2. The van der Waals surface area contributed by atoms with E-state index in [1.165, 1.54) is 6.42 Å². The maximum atomic E-state index is 15.2. The minimum atomic E-state index is -0.187. The molecular formula is C18H23FN4O. The van der Waals surface area contributed by atoms with E-state index in [2.05, 4.69) is 15.5 Å². The largest absolute Gasteiger partial charge is 0.366 e. The third-order valence-electron chi connectivity index (χ3n) is 6.02. The Hall–Kier alpha value is -1.66. The highest BCUT2D eigenvalue weighted by atomic mass is 19.1. The Morgan fingerprint density at radius 3 is 2.71 bits per heavy atom. The number of hydrogen-bond acceptors (Lipinski definition) is 4. The van der Waals surface area contributed by atoms with Gasteiger partial charge in [-0.15, -0.1) is 0 Å². The van der Waals surface area contributed by atoms with E-state index < -0.39 is 0 Å². The van der Waals surface area contributed by atoms with Crippen LogP contribution in [0.5, 0.6) is 0 Å². The molecule has 4 saturated heterocycles. The Kier molecular flexibility index (Phi) is 3.31. The number of carbonyl (C=O) groups excluding carboxylic acids is 1. The van der Waals surface area contributed by atoms with Crippen molar-refractivity contribution < 1.29 is 9.18 Å². The molecule has 0 aliphatic carbocycles. The van der Waals surface area contributed by atoms with Gasteiger partial charge in [-0.05, 0) is 37.9 Å². The van der Waals surface area contributed by atoms with Crippen molar-refractivity contribution >= 4 is 11.6 Å². The molecule has 1 aromatic rings. The van der Waals surface area contributed by atoms with Crippen LogP contribution in [-0.4, -0.2) is 55.1 Å². The number of piperidine rings is 2. The summed E-state index contributed by atoms with van der Waals surface area (Å²) in [5, 5.41) is 6.82.